The van der Waals surface area contributed by atoms with Gasteiger partial charge in [-0.1, -0.05) is 12.1 Å². The Morgan fingerprint density at radius 3 is 2.57 bits per heavy atom. The van der Waals surface area contributed by atoms with Gasteiger partial charge in [0, 0.05) is 43.7 Å². The van der Waals surface area contributed by atoms with E-state index in [0.29, 0.717) is 11.3 Å². The number of hydrogen-bond acceptors (Lipinski definition) is 6. The summed E-state index contributed by atoms with van der Waals surface area (Å²) in [7, 11) is -3.61. The predicted octanol–water partition coefficient (Wildman–Crippen LogP) is 1.89. The van der Waals surface area contributed by atoms with Crippen LogP contribution in [0.25, 0.3) is 5.78 Å². The summed E-state index contributed by atoms with van der Waals surface area (Å²) in [5.74, 6) is 0.233. The molecule has 0 atom stereocenters. The van der Waals surface area contributed by atoms with Crippen molar-refractivity contribution in [3.05, 3.63) is 84.7 Å². The Hall–Kier alpha value is -3.59. The predicted molar refractivity (Wildman–Crippen MR) is 100 cm³/mol. The molecule has 0 radical (unpaired) electrons. The molecule has 0 aliphatic heterocycles. The first-order valence-electron chi connectivity index (χ1n) is 8.35. The maximum Gasteiger partial charge on any atom is 0.254 e. The molecule has 9 heteroatoms. The summed E-state index contributed by atoms with van der Waals surface area (Å²) in [6, 6.07) is 9.45. The molecule has 1 N–H and O–H groups in total. The molecular formula is C19H15N5O3S. The number of benzene rings is 1. The van der Waals surface area contributed by atoms with Gasteiger partial charge in [-0.05, 0) is 29.8 Å². The number of imidazole rings is 1. The Morgan fingerprint density at radius 2 is 1.82 bits per heavy atom. The summed E-state index contributed by atoms with van der Waals surface area (Å²) in [5.41, 5.74) is 1.18. The minimum absolute atomic E-state index is 0.137. The third-order valence-corrected chi connectivity index (χ3v) is 5.89. The summed E-state index contributed by atoms with van der Waals surface area (Å²) in [6.45, 7) is 0.258. The molecule has 0 aliphatic rings. The largest absolute Gasteiger partial charge is 0.348 e. The smallest absolute Gasteiger partial charge is 0.254 e. The maximum atomic E-state index is 12.6. The van der Waals surface area contributed by atoms with Crippen LogP contribution in [0.5, 0.6) is 0 Å². The Morgan fingerprint density at radius 1 is 1.00 bits per heavy atom. The quantitative estimate of drug-likeness (QED) is 0.555. The molecule has 3 heterocycles. The SMILES string of the molecule is O=C(NCc1ccc(S(=O)(=O)c2cccnc2)cc1)c1cnc2nccn2c1. The van der Waals surface area contributed by atoms with Gasteiger partial charge in [0.25, 0.3) is 5.91 Å². The second-order valence-electron chi connectivity index (χ2n) is 6.00. The highest BCUT2D eigenvalue weighted by Gasteiger charge is 2.17. The molecule has 4 rings (SSSR count). The number of pyridine rings is 1. The molecule has 0 saturated carbocycles. The fourth-order valence-corrected chi connectivity index (χ4v) is 3.87. The molecule has 0 unspecified atom stereocenters. The molecule has 1 amide bonds. The fourth-order valence-electron chi connectivity index (χ4n) is 2.65. The Kier molecular flexibility index (Phi) is 4.58. The van der Waals surface area contributed by atoms with Crippen LogP contribution < -0.4 is 5.32 Å². The van der Waals surface area contributed by atoms with E-state index < -0.39 is 9.84 Å². The second-order valence-corrected chi connectivity index (χ2v) is 7.95. The molecule has 3 aromatic heterocycles. The van der Waals surface area contributed by atoms with E-state index in [2.05, 4.69) is 20.3 Å². The van der Waals surface area contributed by atoms with Gasteiger partial charge in [0.2, 0.25) is 15.6 Å². The van der Waals surface area contributed by atoms with Crippen molar-refractivity contribution in [2.75, 3.05) is 0 Å². The molecule has 0 aliphatic carbocycles. The summed E-state index contributed by atoms with van der Waals surface area (Å²) in [4.78, 5) is 24.6. The van der Waals surface area contributed by atoms with Crippen LogP contribution in [0.3, 0.4) is 0 Å². The molecular weight excluding hydrogens is 378 g/mol. The molecule has 1 aromatic carbocycles. The van der Waals surface area contributed by atoms with E-state index >= 15 is 0 Å². The lowest BCUT2D eigenvalue weighted by molar-refractivity contribution is 0.0950. The molecule has 8 nitrogen and oxygen atoms in total. The Labute approximate surface area is 160 Å². The first kappa shape index (κ1) is 17.8. The number of rotatable bonds is 5. The van der Waals surface area contributed by atoms with Crippen molar-refractivity contribution in [2.24, 2.45) is 0 Å². The lowest BCUT2D eigenvalue weighted by Gasteiger charge is -2.08. The van der Waals surface area contributed by atoms with Crippen molar-refractivity contribution in [3.8, 4) is 0 Å². The lowest BCUT2D eigenvalue weighted by Crippen LogP contribution is -2.23. The average molecular weight is 393 g/mol. The normalized spacial score (nSPS) is 11.4. The zero-order chi connectivity index (χ0) is 19.6. The molecule has 28 heavy (non-hydrogen) atoms. The second kappa shape index (κ2) is 7.20. The standard InChI is InChI=1S/C19H15N5O3S/c25-18(15-11-23-19-21-8-9-24(19)13-15)22-10-14-3-5-16(6-4-14)28(26,27)17-2-1-7-20-12-17/h1-9,11-13H,10H2,(H,22,25). The number of fused-ring (bicyclic) bond motifs is 1. The van der Waals surface area contributed by atoms with Gasteiger partial charge >= 0.3 is 0 Å². The summed E-state index contributed by atoms with van der Waals surface area (Å²) in [5, 5.41) is 2.79. The van der Waals surface area contributed by atoms with Gasteiger partial charge in [-0.25, -0.2) is 18.4 Å². The van der Waals surface area contributed by atoms with Crippen molar-refractivity contribution in [1.82, 2.24) is 24.7 Å². The van der Waals surface area contributed by atoms with Crippen LogP contribution in [0.1, 0.15) is 15.9 Å². The van der Waals surface area contributed by atoms with Crippen LogP contribution in [0.15, 0.2) is 83.4 Å². The van der Waals surface area contributed by atoms with Crippen molar-refractivity contribution in [2.45, 2.75) is 16.3 Å². The van der Waals surface area contributed by atoms with E-state index in [4.69, 9.17) is 0 Å². The van der Waals surface area contributed by atoms with Gasteiger partial charge in [-0.3, -0.25) is 14.2 Å². The van der Waals surface area contributed by atoms with Crippen LogP contribution in [0.2, 0.25) is 0 Å². The van der Waals surface area contributed by atoms with Gasteiger partial charge in [-0.15, -0.1) is 0 Å². The average Bonchev–Trinajstić information content (AvgIpc) is 3.21. The van der Waals surface area contributed by atoms with E-state index in [-0.39, 0.29) is 22.2 Å². The summed E-state index contributed by atoms with van der Waals surface area (Å²) >= 11 is 0. The van der Waals surface area contributed by atoms with Gasteiger partial charge in [0.1, 0.15) is 0 Å². The topological polar surface area (TPSA) is 106 Å². The van der Waals surface area contributed by atoms with Crippen LogP contribution in [-0.2, 0) is 16.4 Å². The van der Waals surface area contributed by atoms with E-state index in [0.717, 1.165) is 5.56 Å². The highest BCUT2D eigenvalue weighted by Crippen LogP contribution is 2.20. The number of sulfone groups is 1. The van der Waals surface area contributed by atoms with Crippen LogP contribution >= 0.6 is 0 Å². The van der Waals surface area contributed by atoms with Crippen molar-refractivity contribution < 1.29 is 13.2 Å². The Balaban J connectivity index is 1.45. The monoisotopic (exact) mass is 393 g/mol. The molecule has 140 valence electrons. The van der Waals surface area contributed by atoms with Crippen LogP contribution in [-0.4, -0.2) is 33.7 Å². The number of nitrogens with zero attached hydrogens (tertiary/aromatic N) is 4. The molecule has 0 fully saturated rings. The van der Waals surface area contributed by atoms with Gasteiger partial charge in [0.05, 0.1) is 15.4 Å². The zero-order valence-electron chi connectivity index (χ0n) is 14.6. The lowest BCUT2D eigenvalue weighted by atomic mass is 10.2. The van der Waals surface area contributed by atoms with Gasteiger partial charge in [0.15, 0.2) is 0 Å². The third kappa shape index (κ3) is 3.47. The fraction of sp³-hybridized carbons (Fsp3) is 0.0526. The van der Waals surface area contributed by atoms with E-state index in [1.165, 1.54) is 36.8 Å². The number of carbonyl (C=O) groups is 1. The van der Waals surface area contributed by atoms with E-state index in [1.807, 2.05) is 0 Å². The molecule has 0 bridgehead atoms. The van der Waals surface area contributed by atoms with Gasteiger partial charge < -0.3 is 5.32 Å². The van der Waals surface area contributed by atoms with Crippen molar-refractivity contribution >= 4 is 21.5 Å². The maximum absolute atomic E-state index is 12.6. The minimum Gasteiger partial charge on any atom is -0.348 e. The summed E-state index contributed by atoms with van der Waals surface area (Å²) in [6.07, 6.45) is 9.25. The molecule has 4 aromatic rings. The van der Waals surface area contributed by atoms with Crippen molar-refractivity contribution in [3.63, 3.8) is 0 Å². The Bertz CT molecular complexity index is 1240. The number of nitrogens with one attached hydrogen (secondary N) is 1. The van der Waals surface area contributed by atoms with Crippen LogP contribution in [0, 0.1) is 0 Å². The highest BCUT2D eigenvalue weighted by molar-refractivity contribution is 7.91. The highest BCUT2D eigenvalue weighted by atomic mass is 32.2. The molecule has 0 saturated heterocycles. The number of aromatic nitrogens is 4. The number of amides is 1. The van der Waals surface area contributed by atoms with Crippen molar-refractivity contribution in [1.29, 1.82) is 0 Å². The van der Waals surface area contributed by atoms with Crippen LogP contribution in [0.4, 0.5) is 0 Å². The van der Waals surface area contributed by atoms with E-state index in [1.54, 1.807) is 41.2 Å². The summed E-state index contributed by atoms with van der Waals surface area (Å²) < 4.78 is 26.8. The first-order chi connectivity index (χ1) is 13.5. The minimum atomic E-state index is -3.61. The van der Waals surface area contributed by atoms with E-state index in [9.17, 15) is 13.2 Å². The third-order valence-electron chi connectivity index (χ3n) is 4.14. The number of carbonyl (C=O) groups excluding carboxylic acids is 1. The zero-order valence-corrected chi connectivity index (χ0v) is 15.4. The molecule has 0 spiro atoms. The van der Waals surface area contributed by atoms with Gasteiger partial charge in [-0.2, -0.15) is 0 Å². The first-order valence-corrected chi connectivity index (χ1v) is 9.83. The number of hydrogen-bond donors (Lipinski definition) is 1.